The fraction of sp³-hybridized carbons (Fsp3) is 0.333. The summed E-state index contributed by atoms with van der Waals surface area (Å²) in [5.74, 6) is -0.445. The molecule has 0 aliphatic heterocycles. The second kappa shape index (κ2) is 8.68. The van der Waals surface area contributed by atoms with E-state index in [1.807, 2.05) is 24.3 Å². The van der Waals surface area contributed by atoms with Gasteiger partial charge in [-0.05, 0) is 56.2 Å². The van der Waals surface area contributed by atoms with Gasteiger partial charge >= 0.3 is 5.97 Å². The molecule has 0 bridgehead atoms. The normalized spacial score (nSPS) is 12.3. The first-order chi connectivity index (χ1) is 12.7. The van der Waals surface area contributed by atoms with Crippen LogP contribution in [-0.4, -0.2) is 30.2 Å². The second-order valence-corrected chi connectivity index (χ2v) is 6.80. The predicted molar refractivity (Wildman–Crippen MR) is 103 cm³/mol. The number of nitrogens with one attached hydrogen (secondary N) is 1. The lowest BCUT2D eigenvalue weighted by Gasteiger charge is -2.20. The molecular weight excluding hydrogens is 346 g/mol. The van der Waals surface area contributed by atoms with Crippen molar-refractivity contribution < 1.29 is 24.2 Å². The number of carboxylic acids is 1. The first-order valence-corrected chi connectivity index (χ1v) is 8.63. The Morgan fingerprint density at radius 2 is 1.81 bits per heavy atom. The minimum absolute atomic E-state index is 0.275. The third-order valence-corrected chi connectivity index (χ3v) is 4.41. The number of hydrogen-bond donors (Lipinski definition) is 2. The number of aliphatic carboxylic acids is 1. The van der Waals surface area contributed by atoms with Crippen LogP contribution in [0.3, 0.4) is 0 Å². The summed E-state index contributed by atoms with van der Waals surface area (Å²) >= 11 is 0. The van der Waals surface area contributed by atoms with Gasteiger partial charge < -0.3 is 19.9 Å². The van der Waals surface area contributed by atoms with E-state index in [1.54, 1.807) is 52.1 Å². The molecule has 0 aliphatic rings. The fourth-order valence-corrected chi connectivity index (χ4v) is 2.40. The maximum Gasteiger partial charge on any atom is 0.313 e. The maximum atomic E-state index is 12.3. The van der Waals surface area contributed by atoms with Crippen LogP contribution in [0.4, 0.5) is 5.69 Å². The average molecular weight is 371 g/mol. The van der Waals surface area contributed by atoms with Crippen molar-refractivity contribution in [3.05, 3.63) is 59.7 Å². The van der Waals surface area contributed by atoms with Crippen LogP contribution < -0.4 is 10.1 Å². The molecule has 0 saturated carbocycles. The van der Waals surface area contributed by atoms with Gasteiger partial charge in [-0.15, -0.1) is 0 Å². The van der Waals surface area contributed by atoms with Crippen LogP contribution in [-0.2, 0) is 26.3 Å². The third-order valence-electron chi connectivity index (χ3n) is 4.41. The molecule has 6 heteroatoms. The van der Waals surface area contributed by atoms with E-state index in [1.165, 1.54) is 0 Å². The van der Waals surface area contributed by atoms with Crippen molar-refractivity contribution in [2.75, 3.05) is 12.4 Å². The van der Waals surface area contributed by atoms with E-state index in [0.717, 1.165) is 11.3 Å². The molecule has 1 unspecified atom stereocenters. The zero-order chi connectivity index (χ0) is 20.0. The molecule has 2 N–H and O–H groups in total. The number of carbonyl (C=O) groups excluding carboxylic acids is 1. The SMILES string of the molecule is COc1cccc(COC(C)C(=O)Nc2ccc(C(C)(C)C(=O)O)cc2)c1. The molecule has 0 saturated heterocycles. The highest BCUT2D eigenvalue weighted by atomic mass is 16.5. The first kappa shape index (κ1) is 20.5. The number of methoxy groups -OCH3 is 1. The summed E-state index contributed by atoms with van der Waals surface area (Å²) in [6.07, 6.45) is -0.647. The number of rotatable bonds is 8. The Bertz CT molecular complexity index is 798. The molecule has 0 heterocycles. The maximum absolute atomic E-state index is 12.3. The summed E-state index contributed by atoms with van der Waals surface area (Å²) in [6.45, 7) is 5.24. The van der Waals surface area contributed by atoms with Crippen LogP contribution >= 0.6 is 0 Å². The molecule has 0 aromatic heterocycles. The largest absolute Gasteiger partial charge is 0.497 e. The monoisotopic (exact) mass is 371 g/mol. The molecule has 27 heavy (non-hydrogen) atoms. The number of anilines is 1. The van der Waals surface area contributed by atoms with Crippen LogP contribution in [0.1, 0.15) is 31.9 Å². The Labute approximate surface area is 159 Å². The molecule has 1 amide bonds. The first-order valence-electron chi connectivity index (χ1n) is 8.63. The van der Waals surface area contributed by atoms with Crippen LogP contribution in [0.5, 0.6) is 5.75 Å². The molecule has 1 atom stereocenters. The summed E-state index contributed by atoms with van der Waals surface area (Å²) in [6, 6.07) is 14.2. The smallest absolute Gasteiger partial charge is 0.313 e. The lowest BCUT2D eigenvalue weighted by Crippen LogP contribution is -2.29. The van der Waals surface area contributed by atoms with Gasteiger partial charge in [-0.25, -0.2) is 0 Å². The standard InChI is InChI=1S/C21H25NO5/c1-14(27-13-15-6-5-7-18(12-15)26-4)19(23)22-17-10-8-16(9-11-17)21(2,3)20(24)25/h5-12,14H,13H2,1-4H3,(H,22,23)(H,24,25). The van der Waals surface area contributed by atoms with Crippen molar-refractivity contribution in [1.29, 1.82) is 0 Å². The van der Waals surface area contributed by atoms with E-state index in [9.17, 15) is 14.7 Å². The van der Waals surface area contributed by atoms with Crippen LogP contribution in [0, 0.1) is 0 Å². The Morgan fingerprint density at radius 3 is 2.41 bits per heavy atom. The number of carbonyl (C=O) groups is 2. The second-order valence-electron chi connectivity index (χ2n) is 6.80. The van der Waals surface area contributed by atoms with Gasteiger partial charge in [-0.3, -0.25) is 9.59 Å². The van der Waals surface area contributed by atoms with Crippen molar-refractivity contribution in [2.45, 2.75) is 38.9 Å². The summed E-state index contributed by atoms with van der Waals surface area (Å²) in [5.41, 5.74) is 1.17. The molecule has 2 aromatic carbocycles. The zero-order valence-electron chi connectivity index (χ0n) is 16.0. The fourth-order valence-electron chi connectivity index (χ4n) is 2.40. The molecule has 6 nitrogen and oxygen atoms in total. The summed E-state index contributed by atoms with van der Waals surface area (Å²) in [5, 5.41) is 12.0. The molecule has 144 valence electrons. The highest BCUT2D eigenvalue weighted by Gasteiger charge is 2.29. The molecular formula is C21H25NO5. The number of amides is 1. The minimum atomic E-state index is -0.990. The summed E-state index contributed by atoms with van der Waals surface area (Å²) < 4.78 is 10.8. The molecule has 0 radical (unpaired) electrons. The van der Waals surface area contributed by atoms with E-state index in [4.69, 9.17) is 9.47 Å². The quantitative estimate of drug-likeness (QED) is 0.741. The lowest BCUT2D eigenvalue weighted by atomic mass is 9.85. The van der Waals surface area contributed by atoms with Crippen molar-refractivity contribution in [3.63, 3.8) is 0 Å². The van der Waals surface area contributed by atoms with Gasteiger partial charge in [0, 0.05) is 5.69 Å². The van der Waals surface area contributed by atoms with Crippen molar-refractivity contribution in [2.24, 2.45) is 0 Å². The van der Waals surface area contributed by atoms with Crippen molar-refractivity contribution in [1.82, 2.24) is 0 Å². The van der Waals surface area contributed by atoms with Gasteiger partial charge in [0.05, 0.1) is 19.1 Å². The number of carboxylic acid groups (broad SMARTS) is 1. The number of ether oxygens (including phenoxy) is 2. The predicted octanol–water partition coefficient (Wildman–Crippen LogP) is 3.60. The molecule has 0 spiro atoms. The van der Waals surface area contributed by atoms with Crippen LogP contribution in [0.2, 0.25) is 0 Å². The van der Waals surface area contributed by atoms with E-state index in [2.05, 4.69) is 5.32 Å². The summed E-state index contributed by atoms with van der Waals surface area (Å²) in [7, 11) is 1.60. The van der Waals surface area contributed by atoms with Gasteiger partial charge in [-0.2, -0.15) is 0 Å². The van der Waals surface area contributed by atoms with Crippen LogP contribution in [0.15, 0.2) is 48.5 Å². The van der Waals surface area contributed by atoms with E-state index in [-0.39, 0.29) is 12.5 Å². The Morgan fingerprint density at radius 1 is 1.15 bits per heavy atom. The van der Waals surface area contributed by atoms with Gasteiger partial charge in [-0.1, -0.05) is 24.3 Å². The van der Waals surface area contributed by atoms with E-state index < -0.39 is 17.5 Å². The Hall–Kier alpha value is -2.86. The van der Waals surface area contributed by atoms with Gasteiger partial charge in [0.2, 0.25) is 0 Å². The Kier molecular flexibility index (Phi) is 6.58. The van der Waals surface area contributed by atoms with Crippen molar-refractivity contribution in [3.8, 4) is 5.75 Å². The average Bonchev–Trinajstić information content (AvgIpc) is 2.66. The highest BCUT2D eigenvalue weighted by molar-refractivity contribution is 5.94. The number of benzene rings is 2. The number of hydrogen-bond acceptors (Lipinski definition) is 4. The molecule has 2 rings (SSSR count). The molecule has 2 aromatic rings. The Balaban J connectivity index is 1.93. The molecule has 0 fully saturated rings. The topological polar surface area (TPSA) is 84.9 Å². The van der Waals surface area contributed by atoms with Gasteiger partial charge in [0.15, 0.2) is 0 Å². The zero-order valence-corrected chi connectivity index (χ0v) is 16.0. The molecule has 0 aliphatic carbocycles. The third kappa shape index (κ3) is 5.31. The van der Waals surface area contributed by atoms with Crippen LogP contribution in [0.25, 0.3) is 0 Å². The van der Waals surface area contributed by atoms with Gasteiger partial charge in [0.1, 0.15) is 11.9 Å². The van der Waals surface area contributed by atoms with E-state index in [0.29, 0.717) is 11.3 Å². The highest BCUT2D eigenvalue weighted by Crippen LogP contribution is 2.25. The summed E-state index contributed by atoms with van der Waals surface area (Å²) in [4.78, 5) is 23.6. The van der Waals surface area contributed by atoms with E-state index >= 15 is 0 Å². The lowest BCUT2D eigenvalue weighted by molar-refractivity contribution is -0.142. The minimum Gasteiger partial charge on any atom is -0.497 e. The van der Waals surface area contributed by atoms with Gasteiger partial charge in [0.25, 0.3) is 5.91 Å². The van der Waals surface area contributed by atoms with Crippen molar-refractivity contribution >= 4 is 17.6 Å².